The minimum absolute atomic E-state index is 0.0511. The lowest BCUT2D eigenvalue weighted by Gasteiger charge is -2.32. The Labute approximate surface area is 165 Å². The molecule has 1 aliphatic rings. The Morgan fingerprint density at radius 3 is 2.38 bits per heavy atom. The minimum Gasteiger partial charge on any atom is -0.473 e. The number of hydrogen-bond acceptors (Lipinski definition) is 5. The molecule has 2 rings (SSSR count). The van der Waals surface area contributed by atoms with E-state index in [9.17, 15) is 14.4 Å². The highest BCUT2D eigenvalue weighted by Gasteiger charge is 2.30. The molecule has 0 spiro atoms. The Morgan fingerprint density at radius 2 is 1.88 bits per heavy atom. The maximum Gasteiger partial charge on any atom is 0.422 e. The van der Waals surface area contributed by atoms with Gasteiger partial charge < -0.3 is 14.6 Å². The predicted molar refractivity (Wildman–Crippen MR) is 96.1 cm³/mol. The molecule has 1 N–H and O–H groups in total. The maximum absolute atomic E-state index is 12.5. The summed E-state index contributed by atoms with van der Waals surface area (Å²) >= 11 is 17.9. The van der Waals surface area contributed by atoms with E-state index in [1.807, 2.05) is 6.92 Å². The van der Waals surface area contributed by atoms with Crippen molar-refractivity contribution in [2.24, 2.45) is 11.8 Å². The Morgan fingerprint density at radius 1 is 1.23 bits per heavy atom. The third-order valence-corrected chi connectivity index (χ3v) is 5.54. The van der Waals surface area contributed by atoms with Gasteiger partial charge in [0.05, 0.1) is 21.7 Å². The lowest BCUT2D eigenvalue weighted by molar-refractivity contribution is -0.158. The van der Waals surface area contributed by atoms with Crippen LogP contribution in [0.3, 0.4) is 0 Å². The summed E-state index contributed by atoms with van der Waals surface area (Å²) in [6, 6.07) is 1.15. The summed E-state index contributed by atoms with van der Waals surface area (Å²) in [5, 5.41) is 8.19. The highest BCUT2D eigenvalue weighted by atomic mass is 35.5. The summed E-state index contributed by atoms with van der Waals surface area (Å²) in [5.41, 5.74) is -0.373. The quantitative estimate of drug-likeness (QED) is 0.311. The van der Waals surface area contributed by atoms with Crippen molar-refractivity contribution in [3.05, 3.63) is 26.7 Å². The van der Waals surface area contributed by atoms with Gasteiger partial charge in [0.2, 0.25) is 0 Å². The summed E-state index contributed by atoms with van der Waals surface area (Å²) in [4.78, 5) is 34.6. The third-order valence-electron chi connectivity index (χ3n) is 4.47. The first-order chi connectivity index (χ1) is 12.3. The number of rotatable bonds is 6. The molecule has 1 aromatic rings. The molecule has 1 fully saturated rings. The first-order valence-electron chi connectivity index (χ1n) is 8.05. The van der Waals surface area contributed by atoms with Crippen LogP contribution in [0.4, 0.5) is 0 Å². The molecule has 0 bridgehead atoms. The molecule has 1 unspecified atom stereocenters. The normalized spacial score (nSPS) is 15.1. The number of hydrogen-bond donors (Lipinski definition) is 1. The molecular weight excluding hydrogens is 407 g/mol. The number of esters is 2. The van der Waals surface area contributed by atoms with Crippen molar-refractivity contribution in [1.29, 1.82) is 0 Å². The van der Waals surface area contributed by atoms with Gasteiger partial charge in [0.15, 0.2) is 5.75 Å². The second-order valence-electron chi connectivity index (χ2n) is 6.01. The molecule has 0 saturated heterocycles. The Kier molecular flexibility index (Phi) is 7.15. The second kappa shape index (κ2) is 8.93. The molecule has 0 heterocycles. The van der Waals surface area contributed by atoms with Crippen molar-refractivity contribution in [3.63, 3.8) is 0 Å². The molecule has 0 amide bonds. The molecule has 9 heteroatoms. The van der Waals surface area contributed by atoms with Gasteiger partial charge in [-0.15, -0.1) is 0 Å². The average Bonchev–Trinajstić information content (AvgIpc) is 2.54. The molecule has 0 aliphatic heterocycles. The minimum atomic E-state index is -1.84. The first kappa shape index (κ1) is 20.8. The monoisotopic (exact) mass is 422 g/mol. The number of benzene rings is 1. The van der Waals surface area contributed by atoms with Crippen molar-refractivity contribution >= 4 is 52.7 Å². The third kappa shape index (κ3) is 4.61. The van der Waals surface area contributed by atoms with Gasteiger partial charge in [-0.25, -0.2) is 14.4 Å². The van der Waals surface area contributed by atoms with Crippen LogP contribution in [0.15, 0.2) is 6.07 Å². The summed E-state index contributed by atoms with van der Waals surface area (Å²) < 4.78 is 10.0. The van der Waals surface area contributed by atoms with E-state index in [0.717, 1.165) is 25.3 Å². The second-order valence-corrected chi connectivity index (χ2v) is 7.20. The lowest BCUT2D eigenvalue weighted by Crippen LogP contribution is -2.27. The zero-order valence-electron chi connectivity index (χ0n) is 13.9. The van der Waals surface area contributed by atoms with Gasteiger partial charge in [-0.3, -0.25) is 0 Å². The summed E-state index contributed by atoms with van der Waals surface area (Å²) in [6.07, 6.45) is 4.21. The van der Waals surface area contributed by atoms with E-state index in [-0.39, 0.29) is 33.2 Å². The fourth-order valence-corrected chi connectivity index (χ4v) is 3.47. The van der Waals surface area contributed by atoms with Gasteiger partial charge in [-0.05, 0) is 24.3 Å². The number of halogens is 3. The molecule has 26 heavy (non-hydrogen) atoms. The SMILES string of the molecule is CCC(COC(=O)c1c(Cl)c(Cl)cc(Cl)c1OC(=O)C(=O)O)C1CCC1. The van der Waals surface area contributed by atoms with E-state index in [1.54, 1.807) is 0 Å². The van der Waals surface area contributed by atoms with Crippen molar-refractivity contribution in [2.75, 3.05) is 6.61 Å². The molecule has 0 aromatic heterocycles. The number of carbonyl (C=O) groups excluding carboxylic acids is 2. The van der Waals surface area contributed by atoms with E-state index >= 15 is 0 Å². The van der Waals surface area contributed by atoms with Crippen LogP contribution in [-0.2, 0) is 14.3 Å². The van der Waals surface area contributed by atoms with Gasteiger partial charge in [-0.1, -0.05) is 61.0 Å². The Bertz CT molecular complexity index is 730. The van der Waals surface area contributed by atoms with Gasteiger partial charge in [-0.2, -0.15) is 0 Å². The van der Waals surface area contributed by atoms with Crippen LogP contribution in [0.5, 0.6) is 5.75 Å². The zero-order valence-corrected chi connectivity index (χ0v) is 16.2. The van der Waals surface area contributed by atoms with E-state index in [4.69, 9.17) is 49.4 Å². The molecule has 1 saturated carbocycles. The van der Waals surface area contributed by atoms with Crippen LogP contribution >= 0.6 is 34.8 Å². The molecule has 142 valence electrons. The molecule has 6 nitrogen and oxygen atoms in total. The fraction of sp³-hybridized carbons (Fsp3) is 0.471. The number of ether oxygens (including phenoxy) is 2. The van der Waals surface area contributed by atoms with Crippen LogP contribution in [0, 0.1) is 11.8 Å². The van der Waals surface area contributed by atoms with Crippen LogP contribution in [0.2, 0.25) is 15.1 Å². The maximum atomic E-state index is 12.5. The molecule has 1 atom stereocenters. The predicted octanol–water partition coefficient (Wildman–Crippen LogP) is 4.62. The molecule has 1 aromatic carbocycles. The number of aliphatic carboxylic acids is 1. The van der Waals surface area contributed by atoms with Crippen LogP contribution in [0.1, 0.15) is 43.0 Å². The molecule has 0 radical (unpaired) electrons. The molecule has 1 aliphatic carbocycles. The van der Waals surface area contributed by atoms with Crippen LogP contribution < -0.4 is 4.74 Å². The van der Waals surface area contributed by atoms with Gasteiger partial charge in [0.25, 0.3) is 0 Å². The zero-order chi connectivity index (χ0) is 19.4. The van der Waals surface area contributed by atoms with Crippen molar-refractivity contribution in [1.82, 2.24) is 0 Å². The van der Waals surface area contributed by atoms with Crippen molar-refractivity contribution < 1.29 is 29.0 Å². The number of carboxylic acids is 1. The first-order valence-corrected chi connectivity index (χ1v) is 9.19. The summed E-state index contributed by atoms with van der Waals surface area (Å²) in [6.45, 7) is 2.19. The van der Waals surface area contributed by atoms with E-state index < -0.39 is 23.7 Å². The van der Waals surface area contributed by atoms with Crippen molar-refractivity contribution in [3.8, 4) is 5.75 Å². The smallest absolute Gasteiger partial charge is 0.422 e. The van der Waals surface area contributed by atoms with Gasteiger partial charge in [0, 0.05) is 0 Å². The Balaban J connectivity index is 2.26. The van der Waals surface area contributed by atoms with Crippen LogP contribution in [0.25, 0.3) is 0 Å². The summed E-state index contributed by atoms with van der Waals surface area (Å²) in [7, 11) is 0. The van der Waals surface area contributed by atoms with Gasteiger partial charge >= 0.3 is 17.9 Å². The lowest BCUT2D eigenvalue weighted by atomic mass is 9.75. The number of carboxylic acid groups (broad SMARTS) is 1. The van der Waals surface area contributed by atoms with Crippen LogP contribution in [-0.4, -0.2) is 29.6 Å². The molecular formula is C17H17Cl3O6. The fourth-order valence-electron chi connectivity index (χ4n) is 2.75. The largest absolute Gasteiger partial charge is 0.473 e. The average molecular weight is 424 g/mol. The van der Waals surface area contributed by atoms with Gasteiger partial charge in [0.1, 0.15) is 5.56 Å². The standard InChI is InChI=1S/C17H17Cl3O6/c1-2-8(9-4-3-5-9)7-25-16(23)12-13(20)10(18)6-11(19)14(12)26-17(24)15(21)22/h6,8-9H,2-5,7H2,1H3,(H,21,22). The van der Waals surface area contributed by atoms with E-state index in [0.29, 0.717) is 5.92 Å². The van der Waals surface area contributed by atoms with E-state index in [1.165, 1.54) is 6.42 Å². The topological polar surface area (TPSA) is 89.9 Å². The highest BCUT2D eigenvalue weighted by Crippen LogP contribution is 2.40. The highest BCUT2D eigenvalue weighted by molar-refractivity contribution is 6.46. The van der Waals surface area contributed by atoms with Crippen molar-refractivity contribution in [2.45, 2.75) is 32.6 Å². The number of carbonyl (C=O) groups is 3. The van der Waals surface area contributed by atoms with E-state index in [2.05, 4.69) is 0 Å². The summed E-state index contributed by atoms with van der Waals surface area (Å²) in [5.74, 6) is -4.11. The Hall–Kier alpha value is -1.50.